The van der Waals surface area contributed by atoms with Gasteiger partial charge in [0.2, 0.25) is 0 Å². The number of hydrogen-bond donors (Lipinski definition) is 0. The van der Waals surface area contributed by atoms with E-state index in [0.29, 0.717) is 11.3 Å². The molecule has 0 amide bonds. The number of rotatable bonds is 4. The summed E-state index contributed by atoms with van der Waals surface area (Å²) in [6, 6.07) is 3.49. The number of nitrogens with zero attached hydrogens (tertiary/aromatic N) is 2. The highest BCUT2D eigenvalue weighted by Crippen LogP contribution is 2.27. The molecule has 1 aromatic rings. The van der Waals surface area contributed by atoms with Gasteiger partial charge in [0.1, 0.15) is 0 Å². The summed E-state index contributed by atoms with van der Waals surface area (Å²) in [6.07, 6.45) is 0.0395. The van der Waals surface area contributed by atoms with Gasteiger partial charge in [0.25, 0.3) is 5.88 Å². The maximum atomic E-state index is 11.5. The van der Waals surface area contributed by atoms with Crippen molar-refractivity contribution in [1.82, 2.24) is 4.98 Å². The van der Waals surface area contributed by atoms with Crippen LogP contribution in [0.5, 0.6) is 11.6 Å². The van der Waals surface area contributed by atoms with Gasteiger partial charge in [-0.15, -0.1) is 0 Å². The summed E-state index contributed by atoms with van der Waals surface area (Å²) in [5.74, 6) is -0.0730. The van der Waals surface area contributed by atoms with Crippen molar-refractivity contribution >= 4 is 5.97 Å². The minimum absolute atomic E-state index is 0.0395. The molecule has 0 spiro atoms. The Kier molecular flexibility index (Phi) is 4.29. The molecule has 0 aliphatic carbocycles. The van der Waals surface area contributed by atoms with E-state index in [4.69, 9.17) is 14.7 Å². The van der Waals surface area contributed by atoms with Crippen LogP contribution < -0.4 is 9.47 Å². The second-order valence-corrected chi connectivity index (χ2v) is 3.03. The van der Waals surface area contributed by atoms with Gasteiger partial charge in [-0.05, 0) is 6.07 Å². The number of aromatic nitrogens is 1. The fraction of sp³-hybridized carbons (Fsp3) is 0.364. The lowest BCUT2D eigenvalue weighted by atomic mass is 10.1. The van der Waals surface area contributed by atoms with E-state index in [1.165, 1.54) is 21.3 Å². The van der Waals surface area contributed by atoms with Gasteiger partial charge in [0.15, 0.2) is 11.4 Å². The van der Waals surface area contributed by atoms with Gasteiger partial charge < -0.3 is 14.2 Å². The van der Waals surface area contributed by atoms with Crippen LogP contribution in [-0.4, -0.2) is 32.3 Å². The Labute approximate surface area is 98.7 Å². The fourth-order valence-electron chi connectivity index (χ4n) is 1.30. The molecule has 1 heterocycles. The second kappa shape index (κ2) is 5.70. The smallest absolute Gasteiger partial charge is 0.357 e. The van der Waals surface area contributed by atoms with E-state index in [0.717, 1.165) is 0 Å². The van der Waals surface area contributed by atoms with Gasteiger partial charge in [-0.25, -0.2) is 9.78 Å². The first-order valence-electron chi connectivity index (χ1n) is 4.75. The van der Waals surface area contributed by atoms with E-state index in [9.17, 15) is 4.79 Å². The molecule has 0 saturated carbocycles. The summed E-state index contributed by atoms with van der Waals surface area (Å²) < 4.78 is 14.6. The molecule has 0 fully saturated rings. The number of carbonyl (C=O) groups excluding carboxylic acids is 1. The van der Waals surface area contributed by atoms with Crippen molar-refractivity contribution in [3.8, 4) is 17.7 Å². The Morgan fingerprint density at radius 3 is 2.59 bits per heavy atom. The molecule has 0 aromatic carbocycles. The first-order chi connectivity index (χ1) is 8.17. The summed E-state index contributed by atoms with van der Waals surface area (Å²) in [5, 5.41) is 8.69. The van der Waals surface area contributed by atoms with Gasteiger partial charge in [0.05, 0.1) is 33.8 Å². The summed E-state index contributed by atoms with van der Waals surface area (Å²) in [7, 11) is 4.11. The Hall–Kier alpha value is -2.29. The number of hydrogen-bond acceptors (Lipinski definition) is 6. The maximum absolute atomic E-state index is 11.5. The van der Waals surface area contributed by atoms with E-state index >= 15 is 0 Å². The van der Waals surface area contributed by atoms with Gasteiger partial charge in [-0.3, -0.25) is 0 Å². The van der Waals surface area contributed by atoms with Crippen LogP contribution in [0.15, 0.2) is 6.07 Å². The molecule has 17 heavy (non-hydrogen) atoms. The van der Waals surface area contributed by atoms with Crippen LogP contribution in [0.25, 0.3) is 0 Å². The number of methoxy groups -OCH3 is 3. The molecule has 6 heteroatoms. The van der Waals surface area contributed by atoms with E-state index in [1.807, 2.05) is 6.07 Å². The number of nitriles is 1. The Morgan fingerprint density at radius 1 is 1.41 bits per heavy atom. The zero-order chi connectivity index (χ0) is 12.8. The molecule has 0 saturated heterocycles. The van der Waals surface area contributed by atoms with Crippen LogP contribution >= 0.6 is 0 Å². The van der Waals surface area contributed by atoms with Gasteiger partial charge in [0, 0.05) is 5.56 Å². The first kappa shape index (κ1) is 12.8. The van der Waals surface area contributed by atoms with Crippen molar-refractivity contribution in [1.29, 1.82) is 5.26 Å². The quantitative estimate of drug-likeness (QED) is 0.724. The first-order valence-corrected chi connectivity index (χ1v) is 4.75. The van der Waals surface area contributed by atoms with Crippen molar-refractivity contribution in [3.63, 3.8) is 0 Å². The summed E-state index contributed by atoms with van der Waals surface area (Å²) in [6.45, 7) is 0. The van der Waals surface area contributed by atoms with Crippen molar-refractivity contribution in [2.45, 2.75) is 6.42 Å². The Morgan fingerprint density at radius 2 is 2.12 bits per heavy atom. The molecule has 0 unspecified atom stereocenters. The molecule has 90 valence electrons. The summed E-state index contributed by atoms with van der Waals surface area (Å²) in [5.41, 5.74) is 0.503. The lowest BCUT2D eigenvalue weighted by Gasteiger charge is -2.10. The average Bonchev–Trinajstić information content (AvgIpc) is 2.37. The van der Waals surface area contributed by atoms with Crippen molar-refractivity contribution in [3.05, 3.63) is 17.3 Å². The molecule has 0 aliphatic heterocycles. The standard InChI is InChI=1S/C11H12N2O4/c1-15-8-6-7(4-5-12)9(11(14)17-3)13-10(8)16-2/h6H,4H2,1-3H3. The van der Waals surface area contributed by atoms with Crippen LogP contribution in [0, 0.1) is 11.3 Å². The van der Waals surface area contributed by atoms with Crippen molar-refractivity contribution in [2.24, 2.45) is 0 Å². The van der Waals surface area contributed by atoms with Crippen LogP contribution in [0.4, 0.5) is 0 Å². The molecule has 0 bridgehead atoms. The highest BCUT2D eigenvalue weighted by molar-refractivity contribution is 5.89. The summed E-state index contributed by atoms with van der Waals surface area (Å²) >= 11 is 0. The number of carbonyl (C=O) groups is 1. The van der Waals surface area contributed by atoms with Gasteiger partial charge >= 0.3 is 5.97 Å². The second-order valence-electron chi connectivity index (χ2n) is 3.03. The minimum atomic E-state index is -0.615. The largest absolute Gasteiger partial charge is 0.491 e. The lowest BCUT2D eigenvalue weighted by Crippen LogP contribution is -2.10. The van der Waals surface area contributed by atoms with Crippen LogP contribution in [-0.2, 0) is 11.2 Å². The molecule has 1 aromatic heterocycles. The van der Waals surface area contributed by atoms with Crippen LogP contribution in [0.2, 0.25) is 0 Å². The van der Waals surface area contributed by atoms with Crippen LogP contribution in [0.1, 0.15) is 16.1 Å². The third kappa shape index (κ3) is 2.64. The Balaban J connectivity index is 3.35. The molecule has 0 N–H and O–H groups in total. The lowest BCUT2D eigenvalue weighted by molar-refractivity contribution is 0.0591. The highest BCUT2D eigenvalue weighted by atomic mass is 16.5. The molecular formula is C11H12N2O4. The van der Waals surface area contributed by atoms with Crippen LogP contribution in [0.3, 0.4) is 0 Å². The molecule has 6 nitrogen and oxygen atoms in total. The maximum Gasteiger partial charge on any atom is 0.357 e. The fourth-order valence-corrected chi connectivity index (χ4v) is 1.30. The zero-order valence-electron chi connectivity index (χ0n) is 9.81. The van der Waals surface area contributed by atoms with E-state index in [2.05, 4.69) is 9.72 Å². The number of esters is 1. The van der Waals surface area contributed by atoms with Crippen molar-refractivity contribution < 1.29 is 19.0 Å². The molecular weight excluding hydrogens is 224 g/mol. The van der Waals surface area contributed by atoms with E-state index < -0.39 is 5.97 Å². The van der Waals surface area contributed by atoms with Crippen molar-refractivity contribution in [2.75, 3.05) is 21.3 Å². The van der Waals surface area contributed by atoms with Gasteiger partial charge in [-0.2, -0.15) is 5.26 Å². The zero-order valence-corrected chi connectivity index (χ0v) is 9.81. The highest BCUT2D eigenvalue weighted by Gasteiger charge is 2.18. The number of ether oxygens (including phenoxy) is 3. The predicted molar refractivity (Wildman–Crippen MR) is 58.0 cm³/mol. The molecule has 0 radical (unpaired) electrons. The summed E-state index contributed by atoms with van der Waals surface area (Å²) in [4.78, 5) is 15.5. The predicted octanol–water partition coefficient (Wildman–Crippen LogP) is 0.951. The molecule has 0 aliphatic rings. The third-order valence-corrected chi connectivity index (χ3v) is 2.10. The molecule has 0 atom stereocenters. The topological polar surface area (TPSA) is 81.4 Å². The van der Waals surface area contributed by atoms with E-state index in [1.54, 1.807) is 6.07 Å². The minimum Gasteiger partial charge on any atom is -0.491 e. The monoisotopic (exact) mass is 236 g/mol. The van der Waals surface area contributed by atoms with E-state index in [-0.39, 0.29) is 18.0 Å². The SMILES string of the molecule is COC(=O)c1nc(OC)c(OC)cc1CC#N. The number of pyridine rings is 1. The van der Waals surface area contributed by atoms with Gasteiger partial charge in [-0.1, -0.05) is 0 Å². The third-order valence-electron chi connectivity index (χ3n) is 2.10. The molecule has 1 rings (SSSR count). The average molecular weight is 236 g/mol. The Bertz CT molecular complexity index is 465. The normalized spacial score (nSPS) is 9.29.